The van der Waals surface area contributed by atoms with E-state index < -0.39 is 10.0 Å². The number of rotatable bonds is 9. The SMILES string of the molecule is CCOc1ccc(C(=O)N[C@@H](C)c2ccc(F)cc2)cc1CN(C)S(=O)(=O)c1ccccc1. The van der Waals surface area contributed by atoms with E-state index in [2.05, 4.69) is 5.32 Å². The second kappa shape index (κ2) is 10.6. The molecular weight excluding hydrogens is 443 g/mol. The van der Waals surface area contributed by atoms with Gasteiger partial charge in [-0.3, -0.25) is 4.79 Å². The number of amides is 1. The molecule has 3 rings (SSSR count). The van der Waals surface area contributed by atoms with Crippen LogP contribution >= 0.6 is 0 Å². The molecule has 33 heavy (non-hydrogen) atoms. The molecule has 0 aliphatic carbocycles. The molecule has 0 heterocycles. The molecule has 0 spiro atoms. The van der Waals surface area contributed by atoms with Crippen LogP contribution in [0.3, 0.4) is 0 Å². The van der Waals surface area contributed by atoms with E-state index in [1.165, 1.54) is 35.6 Å². The molecule has 3 aromatic carbocycles. The molecule has 0 radical (unpaired) electrons. The van der Waals surface area contributed by atoms with Crippen molar-refractivity contribution in [2.45, 2.75) is 31.3 Å². The highest BCUT2D eigenvalue weighted by atomic mass is 32.2. The van der Waals surface area contributed by atoms with Gasteiger partial charge in [0.1, 0.15) is 11.6 Å². The highest BCUT2D eigenvalue weighted by Gasteiger charge is 2.23. The van der Waals surface area contributed by atoms with Gasteiger partial charge < -0.3 is 10.1 Å². The molecule has 0 bridgehead atoms. The van der Waals surface area contributed by atoms with Gasteiger partial charge in [-0.25, -0.2) is 12.8 Å². The van der Waals surface area contributed by atoms with Crippen LogP contribution in [0.25, 0.3) is 0 Å². The Morgan fingerprint density at radius 1 is 1.06 bits per heavy atom. The number of nitrogens with one attached hydrogen (secondary N) is 1. The minimum absolute atomic E-state index is 0.0290. The molecule has 0 aromatic heterocycles. The van der Waals surface area contributed by atoms with E-state index in [0.717, 1.165) is 5.56 Å². The van der Waals surface area contributed by atoms with Crippen LogP contribution in [0.2, 0.25) is 0 Å². The molecule has 0 saturated heterocycles. The van der Waals surface area contributed by atoms with Gasteiger partial charge in [0.2, 0.25) is 10.0 Å². The molecule has 8 heteroatoms. The smallest absolute Gasteiger partial charge is 0.251 e. The second-order valence-electron chi connectivity index (χ2n) is 7.58. The Kier molecular flexibility index (Phi) is 7.84. The van der Waals surface area contributed by atoms with Crippen LogP contribution in [0.15, 0.2) is 77.7 Å². The highest BCUT2D eigenvalue weighted by molar-refractivity contribution is 7.89. The lowest BCUT2D eigenvalue weighted by atomic mass is 10.1. The lowest BCUT2D eigenvalue weighted by Crippen LogP contribution is -2.28. The molecule has 0 fully saturated rings. The Morgan fingerprint density at radius 2 is 1.73 bits per heavy atom. The van der Waals surface area contributed by atoms with Gasteiger partial charge in [-0.2, -0.15) is 4.31 Å². The quantitative estimate of drug-likeness (QED) is 0.498. The first kappa shape index (κ1) is 24.4. The zero-order valence-electron chi connectivity index (χ0n) is 18.8. The van der Waals surface area contributed by atoms with Gasteiger partial charge in [-0.15, -0.1) is 0 Å². The van der Waals surface area contributed by atoms with Gasteiger partial charge in [0.25, 0.3) is 5.91 Å². The fourth-order valence-electron chi connectivity index (χ4n) is 3.35. The molecule has 0 aliphatic rings. The molecular formula is C25H27FN2O4S. The molecule has 174 valence electrons. The van der Waals surface area contributed by atoms with Gasteiger partial charge in [0, 0.05) is 24.7 Å². The zero-order valence-corrected chi connectivity index (χ0v) is 19.6. The fraction of sp³-hybridized carbons (Fsp3) is 0.240. The van der Waals surface area contributed by atoms with E-state index in [4.69, 9.17) is 4.74 Å². The summed E-state index contributed by atoms with van der Waals surface area (Å²) in [4.78, 5) is 13.1. The lowest BCUT2D eigenvalue weighted by molar-refractivity contribution is 0.0939. The van der Waals surface area contributed by atoms with Crippen molar-refractivity contribution >= 4 is 15.9 Å². The number of carbonyl (C=O) groups excluding carboxylic acids is 1. The van der Waals surface area contributed by atoms with Gasteiger partial charge in [-0.1, -0.05) is 30.3 Å². The summed E-state index contributed by atoms with van der Waals surface area (Å²) in [5, 5.41) is 2.89. The Morgan fingerprint density at radius 3 is 2.36 bits per heavy atom. The largest absolute Gasteiger partial charge is 0.494 e. The van der Waals surface area contributed by atoms with Gasteiger partial charge in [0.05, 0.1) is 17.5 Å². The van der Waals surface area contributed by atoms with E-state index in [-0.39, 0.29) is 29.2 Å². The lowest BCUT2D eigenvalue weighted by Gasteiger charge is -2.20. The third-order valence-electron chi connectivity index (χ3n) is 5.18. The van der Waals surface area contributed by atoms with E-state index >= 15 is 0 Å². The van der Waals surface area contributed by atoms with Gasteiger partial charge in [0.15, 0.2) is 0 Å². The van der Waals surface area contributed by atoms with E-state index in [1.807, 2.05) is 6.92 Å². The number of benzene rings is 3. The Labute approximate surface area is 194 Å². The second-order valence-corrected chi connectivity index (χ2v) is 9.62. The maximum atomic E-state index is 13.2. The van der Waals surface area contributed by atoms with E-state index in [9.17, 15) is 17.6 Å². The van der Waals surface area contributed by atoms with E-state index in [0.29, 0.717) is 23.5 Å². The molecule has 1 atom stereocenters. The van der Waals surface area contributed by atoms with Crippen LogP contribution in [0.5, 0.6) is 5.75 Å². The number of nitrogens with zero attached hydrogens (tertiary/aromatic N) is 1. The summed E-state index contributed by atoms with van der Waals surface area (Å²) in [6, 6.07) is 18.7. The summed E-state index contributed by atoms with van der Waals surface area (Å²) in [5.41, 5.74) is 1.71. The van der Waals surface area contributed by atoms with Gasteiger partial charge in [-0.05, 0) is 61.9 Å². The Bertz CT molecular complexity index is 1200. The standard InChI is InChI=1S/C25H27FN2O4S/c1-4-32-24-15-12-20(25(29)27-18(2)19-10-13-22(26)14-11-19)16-21(24)17-28(3)33(30,31)23-8-6-5-7-9-23/h5-16,18H,4,17H2,1-3H3,(H,27,29)/t18-/m0/s1. The predicted octanol–water partition coefficient (Wildman–Crippen LogP) is 4.54. The van der Waals surface area contributed by atoms with Crippen molar-refractivity contribution in [2.24, 2.45) is 0 Å². The maximum absolute atomic E-state index is 13.2. The normalized spacial score (nSPS) is 12.4. The summed E-state index contributed by atoms with van der Waals surface area (Å²) in [6.45, 7) is 4.07. The molecule has 1 amide bonds. The first-order valence-corrected chi connectivity index (χ1v) is 12.0. The monoisotopic (exact) mass is 470 g/mol. The van der Waals surface area contributed by atoms with Crippen LogP contribution in [0.4, 0.5) is 4.39 Å². The number of halogens is 1. The summed E-state index contributed by atoms with van der Waals surface area (Å²) in [6.07, 6.45) is 0. The molecule has 3 aromatic rings. The number of ether oxygens (including phenoxy) is 1. The fourth-order valence-corrected chi connectivity index (χ4v) is 4.52. The average molecular weight is 471 g/mol. The third kappa shape index (κ3) is 5.97. The first-order valence-electron chi connectivity index (χ1n) is 10.6. The Balaban J connectivity index is 1.82. The molecule has 0 saturated carbocycles. The highest BCUT2D eigenvalue weighted by Crippen LogP contribution is 2.25. The minimum atomic E-state index is -3.71. The average Bonchev–Trinajstić information content (AvgIpc) is 2.81. The van der Waals surface area contributed by atoms with Crippen molar-refractivity contribution < 1.29 is 22.3 Å². The zero-order chi connectivity index (χ0) is 24.0. The molecule has 0 aliphatic heterocycles. The van der Waals surface area contributed by atoms with Crippen LogP contribution in [0, 0.1) is 5.82 Å². The van der Waals surface area contributed by atoms with Crippen LogP contribution in [0.1, 0.15) is 41.4 Å². The molecule has 1 N–H and O–H groups in total. The molecule has 0 unspecified atom stereocenters. The van der Waals surface area contributed by atoms with Crippen molar-refractivity contribution in [1.29, 1.82) is 0 Å². The minimum Gasteiger partial charge on any atom is -0.494 e. The summed E-state index contributed by atoms with van der Waals surface area (Å²) >= 11 is 0. The number of carbonyl (C=O) groups is 1. The van der Waals surface area contributed by atoms with Gasteiger partial charge >= 0.3 is 0 Å². The Hall–Kier alpha value is -3.23. The number of hydrogen-bond donors (Lipinski definition) is 1. The van der Waals surface area contributed by atoms with Crippen molar-refractivity contribution in [2.75, 3.05) is 13.7 Å². The number of hydrogen-bond acceptors (Lipinski definition) is 4. The van der Waals surface area contributed by atoms with Crippen LogP contribution in [-0.4, -0.2) is 32.3 Å². The topological polar surface area (TPSA) is 75.7 Å². The van der Waals surface area contributed by atoms with Crippen molar-refractivity contribution in [3.05, 3.63) is 95.3 Å². The summed E-state index contributed by atoms with van der Waals surface area (Å²) in [7, 11) is -2.23. The van der Waals surface area contributed by atoms with Crippen molar-refractivity contribution in [3.8, 4) is 5.75 Å². The predicted molar refractivity (Wildman–Crippen MR) is 125 cm³/mol. The summed E-state index contributed by atoms with van der Waals surface area (Å²) < 4.78 is 45.9. The number of sulfonamides is 1. The van der Waals surface area contributed by atoms with E-state index in [1.54, 1.807) is 55.5 Å². The summed E-state index contributed by atoms with van der Waals surface area (Å²) in [5.74, 6) is -0.163. The van der Waals surface area contributed by atoms with Crippen LogP contribution in [-0.2, 0) is 16.6 Å². The molecule has 6 nitrogen and oxygen atoms in total. The first-order chi connectivity index (χ1) is 15.7. The van der Waals surface area contributed by atoms with Crippen LogP contribution < -0.4 is 10.1 Å². The maximum Gasteiger partial charge on any atom is 0.251 e. The van der Waals surface area contributed by atoms with Crippen molar-refractivity contribution in [3.63, 3.8) is 0 Å². The van der Waals surface area contributed by atoms with Crippen molar-refractivity contribution in [1.82, 2.24) is 9.62 Å². The third-order valence-corrected chi connectivity index (χ3v) is 7.00.